The first-order valence-corrected chi connectivity index (χ1v) is 10.4. The molecule has 0 radical (unpaired) electrons. The number of rotatable bonds is 7. The molecule has 0 bridgehead atoms. The van der Waals surface area contributed by atoms with Gasteiger partial charge in [-0.1, -0.05) is 18.2 Å². The van der Waals surface area contributed by atoms with Crippen molar-refractivity contribution in [2.45, 2.75) is 17.7 Å². The van der Waals surface area contributed by atoms with Crippen LogP contribution in [0.2, 0.25) is 0 Å². The quantitative estimate of drug-likeness (QED) is 0.665. The summed E-state index contributed by atoms with van der Waals surface area (Å²) in [5.74, 6) is 0.535. The first-order valence-electron chi connectivity index (χ1n) is 8.08. The number of sulfonamides is 1. The number of carbonyl (C=O) groups excluding carboxylic acids is 1. The van der Waals surface area contributed by atoms with Gasteiger partial charge in [0.1, 0.15) is 10.0 Å². The Kier molecular flexibility index (Phi) is 5.40. The van der Waals surface area contributed by atoms with Crippen LogP contribution in [-0.4, -0.2) is 48.3 Å². The molecular formula is C17H20N4O3S2. The van der Waals surface area contributed by atoms with E-state index in [4.69, 9.17) is 0 Å². The maximum Gasteiger partial charge on any atom is 0.252 e. The lowest BCUT2D eigenvalue weighted by Gasteiger charge is -2.16. The molecule has 0 spiro atoms. The fourth-order valence-corrected chi connectivity index (χ4v) is 5.02. The number of benzene rings is 1. The Hall–Kier alpha value is -2.23. The highest BCUT2D eigenvalue weighted by atomic mass is 32.2. The second-order valence-corrected chi connectivity index (χ2v) is 9.06. The number of nitrogens with zero attached hydrogens (tertiary/aromatic N) is 3. The molecule has 0 aliphatic carbocycles. The minimum Gasteiger partial charge on any atom is -0.353 e. The first kappa shape index (κ1) is 18.6. The maximum absolute atomic E-state index is 12.3. The topological polar surface area (TPSA) is 84.3 Å². The smallest absolute Gasteiger partial charge is 0.252 e. The van der Waals surface area contributed by atoms with Crippen molar-refractivity contribution in [2.24, 2.45) is 0 Å². The lowest BCUT2D eigenvalue weighted by Crippen LogP contribution is -2.39. The Morgan fingerprint density at radius 3 is 2.77 bits per heavy atom. The van der Waals surface area contributed by atoms with E-state index in [0.717, 1.165) is 32.5 Å². The van der Waals surface area contributed by atoms with Crippen LogP contribution < -0.4 is 5.32 Å². The molecule has 0 saturated heterocycles. The summed E-state index contributed by atoms with van der Waals surface area (Å²) in [6.45, 7) is 2.67. The summed E-state index contributed by atoms with van der Waals surface area (Å²) in [6, 6.07) is 11.0. The Morgan fingerprint density at radius 2 is 2.04 bits per heavy atom. The molecule has 0 unspecified atom stereocenters. The normalized spacial score (nSPS) is 12.0. The zero-order chi connectivity index (χ0) is 18.7. The van der Waals surface area contributed by atoms with Crippen LogP contribution in [-0.2, 0) is 21.4 Å². The van der Waals surface area contributed by atoms with Gasteiger partial charge in [-0.05, 0) is 30.5 Å². The minimum atomic E-state index is -3.62. The van der Waals surface area contributed by atoms with Gasteiger partial charge >= 0.3 is 0 Å². The van der Waals surface area contributed by atoms with Crippen molar-refractivity contribution < 1.29 is 13.2 Å². The molecule has 2 heterocycles. The van der Waals surface area contributed by atoms with Crippen LogP contribution in [0.25, 0.3) is 11.0 Å². The van der Waals surface area contributed by atoms with Crippen molar-refractivity contribution >= 4 is 38.3 Å². The Balaban J connectivity index is 1.57. The second kappa shape index (κ2) is 7.56. The Labute approximate surface area is 156 Å². The van der Waals surface area contributed by atoms with E-state index in [1.54, 1.807) is 11.4 Å². The predicted octanol–water partition coefficient (Wildman–Crippen LogP) is 1.84. The zero-order valence-corrected chi connectivity index (χ0v) is 16.2. The van der Waals surface area contributed by atoms with Gasteiger partial charge in [0.05, 0.1) is 17.6 Å². The molecule has 2 aromatic heterocycles. The molecule has 0 aliphatic heterocycles. The second-order valence-electron chi connectivity index (χ2n) is 5.84. The number of nitrogens with one attached hydrogen (secondary N) is 1. The first-order chi connectivity index (χ1) is 12.4. The average Bonchev–Trinajstić information content (AvgIpc) is 3.23. The summed E-state index contributed by atoms with van der Waals surface area (Å²) in [5.41, 5.74) is 1.93. The van der Waals surface area contributed by atoms with Gasteiger partial charge in [-0.3, -0.25) is 4.79 Å². The third kappa shape index (κ3) is 3.79. The molecule has 1 aromatic carbocycles. The largest absolute Gasteiger partial charge is 0.353 e. The third-order valence-electron chi connectivity index (χ3n) is 4.03. The third-order valence-corrected chi connectivity index (χ3v) is 7.21. The maximum atomic E-state index is 12.3. The molecule has 0 fully saturated rings. The van der Waals surface area contributed by atoms with Crippen LogP contribution in [0, 0.1) is 6.92 Å². The van der Waals surface area contributed by atoms with E-state index in [2.05, 4.69) is 10.3 Å². The van der Waals surface area contributed by atoms with Gasteiger partial charge in [0.15, 0.2) is 0 Å². The van der Waals surface area contributed by atoms with Gasteiger partial charge in [0.25, 0.3) is 10.0 Å². The lowest BCUT2D eigenvalue weighted by molar-refractivity contribution is -0.121. The molecule has 26 heavy (non-hydrogen) atoms. The number of carbonyl (C=O) groups is 1. The highest BCUT2D eigenvalue weighted by Crippen LogP contribution is 2.19. The fourth-order valence-electron chi connectivity index (χ4n) is 2.69. The molecule has 0 atom stereocenters. The highest BCUT2D eigenvalue weighted by Gasteiger charge is 2.23. The van der Waals surface area contributed by atoms with E-state index < -0.39 is 10.0 Å². The van der Waals surface area contributed by atoms with Gasteiger partial charge in [-0.15, -0.1) is 11.3 Å². The van der Waals surface area contributed by atoms with Crippen molar-refractivity contribution in [3.8, 4) is 0 Å². The number of thiophene rings is 1. The van der Waals surface area contributed by atoms with Gasteiger partial charge in [0, 0.05) is 20.1 Å². The van der Waals surface area contributed by atoms with E-state index in [-0.39, 0.29) is 16.7 Å². The fraction of sp³-hybridized carbons (Fsp3) is 0.294. The Morgan fingerprint density at radius 1 is 1.27 bits per heavy atom. The molecule has 138 valence electrons. The SMILES string of the molecule is Cc1nc2ccccc2n1CCNC(=O)CN(C)S(=O)(=O)c1cccs1. The molecule has 1 N–H and O–H groups in total. The average molecular weight is 393 g/mol. The number of hydrogen-bond acceptors (Lipinski definition) is 5. The van der Waals surface area contributed by atoms with Crippen LogP contribution in [0.3, 0.4) is 0 Å². The number of para-hydroxylation sites is 2. The molecule has 9 heteroatoms. The van der Waals surface area contributed by atoms with Crippen molar-refractivity contribution in [3.05, 3.63) is 47.6 Å². The van der Waals surface area contributed by atoms with E-state index >= 15 is 0 Å². The standard InChI is InChI=1S/C17H20N4O3S2/c1-13-19-14-6-3-4-7-15(14)21(13)10-9-18-16(22)12-20(2)26(23,24)17-8-5-11-25-17/h3-8,11H,9-10,12H2,1-2H3,(H,18,22). The van der Waals surface area contributed by atoms with Crippen LogP contribution in [0.15, 0.2) is 46.0 Å². The van der Waals surface area contributed by atoms with Gasteiger partial charge < -0.3 is 9.88 Å². The molecular weight excluding hydrogens is 372 g/mol. The summed E-state index contributed by atoms with van der Waals surface area (Å²) in [5, 5.41) is 4.46. The monoisotopic (exact) mass is 392 g/mol. The van der Waals surface area contributed by atoms with Crippen LogP contribution in [0.1, 0.15) is 5.82 Å². The lowest BCUT2D eigenvalue weighted by atomic mass is 10.3. The number of hydrogen-bond donors (Lipinski definition) is 1. The number of fused-ring (bicyclic) bond motifs is 1. The van der Waals surface area contributed by atoms with Crippen molar-refractivity contribution in [2.75, 3.05) is 20.1 Å². The van der Waals surface area contributed by atoms with E-state index in [1.165, 1.54) is 13.1 Å². The summed E-state index contributed by atoms with van der Waals surface area (Å²) in [7, 11) is -2.21. The molecule has 1 amide bonds. The number of amides is 1. The molecule has 0 aliphatic rings. The molecule has 0 saturated carbocycles. The van der Waals surface area contributed by atoms with Gasteiger partial charge in [0.2, 0.25) is 5.91 Å². The van der Waals surface area contributed by atoms with Crippen LogP contribution in [0.5, 0.6) is 0 Å². The van der Waals surface area contributed by atoms with Crippen molar-refractivity contribution in [1.82, 2.24) is 19.2 Å². The summed E-state index contributed by atoms with van der Waals surface area (Å²) in [4.78, 5) is 16.6. The van der Waals surface area contributed by atoms with Gasteiger partial charge in [-0.2, -0.15) is 4.31 Å². The predicted molar refractivity (Wildman–Crippen MR) is 102 cm³/mol. The minimum absolute atomic E-state index is 0.218. The number of aromatic nitrogens is 2. The van der Waals surface area contributed by atoms with Crippen LogP contribution in [0.4, 0.5) is 0 Å². The molecule has 3 rings (SSSR count). The van der Waals surface area contributed by atoms with Crippen LogP contribution >= 0.6 is 11.3 Å². The van der Waals surface area contributed by atoms with E-state index in [9.17, 15) is 13.2 Å². The van der Waals surface area contributed by atoms with Crippen molar-refractivity contribution in [3.63, 3.8) is 0 Å². The summed E-state index contributed by atoms with van der Waals surface area (Å²) >= 11 is 1.13. The van der Waals surface area contributed by atoms with E-state index in [0.29, 0.717) is 13.1 Å². The zero-order valence-electron chi connectivity index (χ0n) is 14.5. The summed E-state index contributed by atoms with van der Waals surface area (Å²) in [6.07, 6.45) is 0. The number of imidazole rings is 1. The Bertz CT molecular complexity index is 1010. The van der Waals surface area contributed by atoms with Gasteiger partial charge in [-0.25, -0.2) is 13.4 Å². The van der Waals surface area contributed by atoms with Crippen molar-refractivity contribution in [1.29, 1.82) is 0 Å². The number of aryl methyl sites for hydroxylation is 1. The molecule has 7 nitrogen and oxygen atoms in total. The molecule has 3 aromatic rings. The summed E-state index contributed by atoms with van der Waals surface area (Å²) < 4.78 is 28.0. The highest BCUT2D eigenvalue weighted by molar-refractivity contribution is 7.91. The number of likely N-dealkylation sites (N-methyl/N-ethyl adjacent to an activating group) is 1. The van der Waals surface area contributed by atoms with E-state index in [1.807, 2.05) is 35.8 Å².